The molecule has 146 valence electrons. The number of hydrogen-bond acceptors (Lipinski definition) is 5. The van der Waals surface area contributed by atoms with Gasteiger partial charge in [-0.15, -0.1) is 0 Å². The Morgan fingerprint density at radius 1 is 1.00 bits per heavy atom. The van der Waals surface area contributed by atoms with Gasteiger partial charge in [-0.1, -0.05) is 53.5 Å². The van der Waals surface area contributed by atoms with E-state index in [4.69, 9.17) is 17.3 Å². The van der Waals surface area contributed by atoms with Crippen LogP contribution in [0.1, 0.15) is 25.5 Å². The minimum atomic E-state index is 0.212. The summed E-state index contributed by atoms with van der Waals surface area (Å²) in [5.41, 5.74) is 10.3. The molecule has 0 amide bonds. The smallest absolute Gasteiger partial charge is 0.222 e. The molecule has 0 aliphatic heterocycles. The summed E-state index contributed by atoms with van der Waals surface area (Å²) >= 11 is 9.97. The summed E-state index contributed by atoms with van der Waals surface area (Å²) in [5, 5.41) is 4.66. The molecule has 0 saturated heterocycles. The molecule has 5 nitrogen and oxygen atoms in total. The molecule has 0 saturated carbocycles. The maximum atomic E-state index is 6.49. The van der Waals surface area contributed by atoms with Crippen LogP contribution in [-0.2, 0) is 0 Å². The maximum absolute atomic E-state index is 6.49. The largest absolute Gasteiger partial charge is 0.368 e. The van der Waals surface area contributed by atoms with Crippen molar-refractivity contribution in [2.75, 3.05) is 11.1 Å². The van der Waals surface area contributed by atoms with Crippen molar-refractivity contribution in [2.24, 2.45) is 0 Å². The van der Waals surface area contributed by atoms with Crippen molar-refractivity contribution in [1.82, 2.24) is 15.0 Å². The van der Waals surface area contributed by atoms with Gasteiger partial charge in [-0.05, 0) is 53.9 Å². The standard InChI is InChI=1S/C22H19BrClN5/c1-12(2)18-9-7-16(20(24)27-18)13-6-8-19-17(10-13)21(29-22(25)28-19)26-15-5-3-4-14(23)11-15/h3-12H,1-2H3,(H3,25,26,28,29). The minimum Gasteiger partial charge on any atom is -0.368 e. The minimum absolute atomic E-state index is 0.212. The molecular weight excluding hydrogens is 450 g/mol. The summed E-state index contributed by atoms with van der Waals surface area (Å²) in [6.07, 6.45) is 0. The first-order valence-corrected chi connectivity index (χ1v) is 10.3. The molecule has 3 N–H and O–H groups in total. The number of nitrogens with two attached hydrogens (primary N) is 1. The topological polar surface area (TPSA) is 76.7 Å². The van der Waals surface area contributed by atoms with Crippen molar-refractivity contribution < 1.29 is 0 Å². The van der Waals surface area contributed by atoms with Gasteiger partial charge in [-0.25, -0.2) is 9.97 Å². The number of nitrogens with one attached hydrogen (secondary N) is 1. The number of anilines is 3. The molecule has 0 fully saturated rings. The number of hydrogen-bond donors (Lipinski definition) is 2. The highest BCUT2D eigenvalue weighted by Gasteiger charge is 2.12. The summed E-state index contributed by atoms with van der Waals surface area (Å²) in [6, 6.07) is 17.8. The van der Waals surface area contributed by atoms with E-state index >= 15 is 0 Å². The van der Waals surface area contributed by atoms with Crippen LogP contribution >= 0.6 is 27.5 Å². The van der Waals surface area contributed by atoms with E-state index in [1.807, 2.05) is 54.6 Å². The number of aromatic nitrogens is 3. The molecule has 7 heteroatoms. The molecule has 0 radical (unpaired) electrons. The number of nitrogens with zero attached hydrogens (tertiary/aromatic N) is 3. The van der Waals surface area contributed by atoms with Gasteiger partial charge in [-0.2, -0.15) is 4.98 Å². The second-order valence-corrected chi connectivity index (χ2v) is 8.30. The van der Waals surface area contributed by atoms with Crippen LogP contribution in [0.5, 0.6) is 0 Å². The quantitative estimate of drug-likeness (QED) is 0.332. The summed E-state index contributed by atoms with van der Waals surface area (Å²) in [6.45, 7) is 4.19. The third kappa shape index (κ3) is 4.18. The van der Waals surface area contributed by atoms with Crippen molar-refractivity contribution in [2.45, 2.75) is 19.8 Å². The lowest BCUT2D eigenvalue weighted by molar-refractivity contribution is 0.823. The van der Waals surface area contributed by atoms with Crippen LogP contribution in [-0.4, -0.2) is 15.0 Å². The summed E-state index contributed by atoms with van der Waals surface area (Å²) in [5.74, 6) is 1.16. The zero-order valence-electron chi connectivity index (χ0n) is 15.9. The van der Waals surface area contributed by atoms with Crippen LogP contribution in [0.15, 0.2) is 59.1 Å². The number of benzene rings is 2. The Morgan fingerprint density at radius 3 is 2.55 bits per heavy atom. The average molecular weight is 469 g/mol. The average Bonchev–Trinajstić information content (AvgIpc) is 2.67. The van der Waals surface area contributed by atoms with Crippen LogP contribution < -0.4 is 11.1 Å². The fraction of sp³-hybridized carbons (Fsp3) is 0.136. The molecule has 2 heterocycles. The van der Waals surface area contributed by atoms with Crippen LogP contribution in [0.3, 0.4) is 0 Å². The number of nitrogen functional groups attached to an aromatic ring is 1. The Balaban J connectivity index is 1.82. The number of rotatable bonds is 4. The Bertz CT molecular complexity index is 1210. The maximum Gasteiger partial charge on any atom is 0.222 e. The van der Waals surface area contributed by atoms with E-state index in [1.165, 1.54) is 0 Å². The van der Waals surface area contributed by atoms with Gasteiger partial charge in [0.05, 0.1) is 5.52 Å². The molecule has 29 heavy (non-hydrogen) atoms. The van der Waals surface area contributed by atoms with E-state index in [0.717, 1.165) is 37.9 Å². The van der Waals surface area contributed by atoms with Gasteiger partial charge in [0.2, 0.25) is 5.95 Å². The molecule has 0 spiro atoms. The van der Waals surface area contributed by atoms with Crippen LogP contribution in [0, 0.1) is 0 Å². The van der Waals surface area contributed by atoms with Crippen LogP contribution in [0.2, 0.25) is 5.15 Å². The number of fused-ring (bicyclic) bond motifs is 1. The summed E-state index contributed by atoms with van der Waals surface area (Å²) in [7, 11) is 0. The fourth-order valence-corrected chi connectivity index (χ4v) is 3.77. The van der Waals surface area contributed by atoms with E-state index in [0.29, 0.717) is 16.9 Å². The van der Waals surface area contributed by atoms with Crippen molar-refractivity contribution in [3.8, 4) is 11.1 Å². The van der Waals surface area contributed by atoms with Crippen molar-refractivity contribution in [3.05, 3.63) is 69.9 Å². The lowest BCUT2D eigenvalue weighted by Gasteiger charge is -2.12. The summed E-state index contributed by atoms with van der Waals surface area (Å²) in [4.78, 5) is 13.3. The van der Waals surface area contributed by atoms with Crippen molar-refractivity contribution >= 4 is 55.9 Å². The normalized spacial score (nSPS) is 11.2. The highest BCUT2D eigenvalue weighted by atomic mass is 79.9. The van der Waals surface area contributed by atoms with Gasteiger partial charge in [0.15, 0.2) is 0 Å². The van der Waals surface area contributed by atoms with E-state index in [1.54, 1.807) is 0 Å². The van der Waals surface area contributed by atoms with E-state index in [2.05, 4.69) is 50.0 Å². The Kier molecular flexibility index (Phi) is 5.39. The fourth-order valence-electron chi connectivity index (χ4n) is 3.10. The molecular formula is C22H19BrClN5. The lowest BCUT2D eigenvalue weighted by atomic mass is 10.0. The highest BCUT2D eigenvalue weighted by Crippen LogP contribution is 2.33. The van der Waals surface area contributed by atoms with Crippen LogP contribution in [0.25, 0.3) is 22.0 Å². The molecule has 2 aromatic carbocycles. The van der Waals surface area contributed by atoms with Gasteiger partial charge in [0.1, 0.15) is 11.0 Å². The van der Waals surface area contributed by atoms with E-state index in [9.17, 15) is 0 Å². The zero-order valence-corrected chi connectivity index (χ0v) is 18.3. The van der Waals surface area contributed by atoms with Gasteiger partial charge >= 0.3 is 0 Å². The number of pyridine rings is 1. The van der Waals surface area contributed by atoms with Crippen LogP contribution in [0.4, 0.5) is 17.5 Å². The third-order valence-corrected chi connectivity index (χ3v) is 5.35. The highest BCUT2D eigenvalue weighted by molar-refractivity contribution is 9.10. The van der Waals surface area contributed by atoms with Gasteiger partial charge < -0.3 is 11.1 Å². The van der Waals surface area contributed by atoms with Crippen molar-refractivity contribution in [1.29, 1.82) is 0 Å². The second kappa shape index (κ2) is 7.97. The Morgan fingerprint density at radius 2 is 1.83 bits per heavy atom. The number of halogens is 2. The zero-order chi connectivity index (χ0) is 20.5. The van der Waals surface area contributed by atoms with Gasteiger partial charge in [0.25, 0.3) is 0 Å². The molecule has 0 bridgehead atoms. The first-order valence-electron chi connectivity index (χ1n) is 9.17. The summed E-state index contributed by atoms with van der Waals surface area (Å²) < 4.78 is 0.970. The lowest BCUT2D eigenvalue weighted by Crippen LogP contribution is -2.01. The second-order valence-electron chi connectivity index (χ2n) is 7.03. The first-order chi connectivity index (χ1) is 13.9. The Hall–Kier alpha value is -2.70. The molecule has 2 aromatic heterocycles. The van der Waals surface area contributed by atoms with Crippen molar-refractivity contribution in [3.63, 3.8) is 0 Å². The SMILES string of the molecule is CC(C)c1ccc(-c2ccc3nc(N)nc(Nc4cccc(Br)c4)c3c2)c(Cl)n1. The monoisotopic (exact) mass is 467 g/mol. The Labute approximate surface area is 182 Å². The molecule has 0 atom stereocenters. The predicted octanol–water partition coefficient (Wildman–Crippen LogP) is 6.56. The molecule has 0 aliphatic rings. The molecule has 4 aromatic rings. The molecule has 0 aliphatic carbocycles. The third-order valence-electron chi connectivity index (χ3n) is 4.57. The molecule has 4 rings (SSSR count). The first kappa shape index (κ1) is 19.6. The predicted molar refractivity (Wildman–Crippen MR) is 124 cm³/mol. The van der Waals surface area contributed by atoms with Gasteiger partial charge in [-0.3, -0.25) is 0 Å². The van der Waals surface area contributed by atoms with E-state index in [-0.39, 0.29) is 5.95 Å². The van der Waals surface area contributed by atoms with E-state index < -0.39 is 0 Å². The van der Waals surface area contributed by atoms with Gasteiger partial charge in [0, 0.05) is 26.8 Å². The molecule has 0 unspecified atom stereocenters.